The number of piperidine rings is 1. The Bertz CT molecular complexity index is 744. The quantitative estimate of drug-likeness (QED) is 0.790. The Morgan fingerprint density at radius 1 is 1.12 bits per heavy atom. The first-order valence-corrected chi connectivity index (χ1v) is 9.37. The maximum Gasteiger partial charge on any atom is 0.253 e. The van der Waals surface area contributed by atoms with E-state index in [0.717, 1.165) is 5.56 Å². The largest absolute Gasteiger partial charge is 0.355 e. The van der Waals surface area contributed by atoms with E-state index >= 15 is 0 Å². The van der Waals surface area contributed by atoms with Crippen LogP contribution in [0.4, 0.5) is 0 Å². The number of nitrogens with zero attached hydrogens (tertiary/aromatic N) is 3. The molecule has 0 aliphatic carbocycles. The highest BCUT2D eigenvalue weighted by atomic mass is 32.1. The van der Waals surface area contributed by atoms with Gasteiger partial charge in [0.25, 0.3) is 5.91 Å². The molecule has 136 valence electrons. The summed E-state index contributed by atoms with van der Waals surface area (Å²) in [6.45, 7) is 1.78. The van der Waals surface area contributed by atoms with E-state index in [1.807, 2.05) is 17.0 Å². The standard InChI is InChI=1S/C19H22N4O2S/c24-18(22-10-13-26)15-6-11-23(12-7-15)19(25)16-4-2-14(3-5-16)17-20-8-1-9-21-17/h1-5,8-9,15,26H,6-7,10-13H2,(H,22,24). The van der Waals surface area contributed by atoms with Crippen molar-refractivity contribution in [1.82, 2.24) is 20.2 Å². The third kappa shape index (κ3) is 4.40. The van der Waals surface area contributed by atoms with Crippen LogP contribution in [0.5, 0.6) is 0 Å². The molecule has 2 heterocycles. The zero-order chi connectivity index (χ0) is 18.4. The van der Waals surface area contributed by atoms with Crippen LogP contribution in [0.15, 0.2) is 42.7 Å². The lowest BCUT2D eigenvalue weighted by Crippen LogP contribution is -2.43. The molecule has 3 rings (SSSR count). The fourth-order valence-corrected chi connectivity index (χ4v) is 3.17. The maximum atomic E-state index is 12.7. The van der Waals surface area contributed by atoms with Crippen LogP contribution in [0.25, 0.3) is 11.4 Å². The van der Waals surface area contributed by atoms with Gasteiger partial charge in [-0.15, -0.1) is 0 Å². The summed E-state index contributed by atoms with van der Waals surface area (Å²) in [5, 5.41) is 2.87. The third-order valence-electron chi connectivity index (χ3n) is 4.52. The smallest absolute Gasteiger partial charge is 0.253 e. The number of thiol groups is 1. The van der Waals surface area contributed by atoms with Crippen molar-refractivity contribution < 1.29 is 9.59 Å². The summed E-state index contributed by atoms with van der Waals surface area (Å²) in [5.41, 5.74) is 1.52. The minimum absolute atomic E-state index is 0.000235. The Kier molecular flexibility index (Phi) is 6.22. The Morgan fingerprint density at radius 3 is 2.38 bits per heavy atom. The van der Waals surface area contributed by atoms with Crippen molar-refractivity contribution >= 4 is 24.4 Å². The lowest BCUT2D eigenvalue weighted by molar-refractivity contribution is -0.126. The van der Waals surface area contributed by atoms with E-state index in [1.54, 1.807) is 30.6 Å². The lowest BCUT2D eigenvalue weighted by atomic mass is 9.95. The van der Waals surface area contributed by atoms with E-state index in [4.69, 9.17) is 0 Å². The molecule has 2 aromatic rings. The van der Waals surface area contributed by atoms with Crippen LogP contribution >= 0.6 is 12.6 Å². The van der Waals surface area contributed by atoms with Crippen LogP contribution in [0.2, 0.25) is 0 Å². The zero-order valence-electron chi connectivity index (χ0n) is 14.5. The molecule has 0 bridgehead atoms. The van der Waals surface area contributed by atoms with Crippen molar-refractivity contribution in [2.45, 2.75) is 12.8 Å². The molecule has 1 aliphatic rings. The van der Waals surface area contributed by atoms with Crippen molar-refractivity contribution in [2.24, 2.45) is 5.92 Å². The van der Waals surface area contributed by atoms with Gasteiger partial charge in [-0.3, -0.25) is 9.59 Å². The second kappa shape index (κ2) is 8.80. The van der Waals surface area contributed by atoms with Crippen LogP contribution in [0.3, 0.4) is 0 Å². The van der Waals surface area contributed by atoms with Gasteiger partial charge in [-0.1, -0.05) is 12.1 Å². The molecule has 0 radical (unpaired) electrons. The number of likely N-dealkylation sites (tertiary alicyclic amines) is 1. The molecule has 0 atom stereocenters. The molecule has 2 amide bonds. The van der Waals surface area contributed by atoms with Crippen LogP contribution in [0.1, 0.15) is 23.2 Å². The van der Waals surface area contributed by atoms with Crippen LogP contribution in [0, 0.1) is 5.92 Å². The van der Waals surface area contributed by atoms with Crippen LogP contribution in [-0.4, -0.2) is 52.1 Å². The average molecular weight is 370 g/mol. The summed E-state index contributed by atoms with van der Waals surface area (Å²) in [5.74, 6) is 1.32. The highest BCUT2D eigenvalue weighted by Gasteiger charge is 2.27. The molecule has 7 heteroatoms. The summed E-state index contributed by atoms with van der Waals surface area (Å²) < 4.78 is 0. The number of aromatic nitrogens is 2. The minimum atomic E-state index is -0.0171. The molecule has 1 N–H and O–H groups in total. The van der Waals surface area contributed by atoms with Crippen molar-refractivity contribution in [3.8, 4) is 11.4 Å². The molecule has 1 fully saturated rings. The van der Waals surface area contributed by atoms with Gasteiger partial charge in [0.05, 0.1) is 0 Å². The third-order valence-corrected chi connectivity index (χ3v) is 4.74. The number of benzene rings is 1. The summed E-state index contributed by atoms with van der Waals surface area (Å²) in [7, 11) is 0. The van der Waals surface area contributed by atoms with Gasteiger partial charge in [-0.2, -0.15) is 12.6 Å². The predicted octanol–water partition coefficient (Wildman–Crippen LogP) is 2.04. The van der Waals surface area contributed by atoms with E-state index < -0.39 is 0 Å². The van der Waals surface area contributed by atoms with E-state index in [1.165, 1.54) is 0 Å². The molecular formula is C19H22N4O2S. The van der Waals surface area contributed by atoms with E-state index in [9.17, 15) is 9.59 Å². The molecule has 6 nitrogen and oxygen atoms in total. The second-order valence-electron chi connectivity index (χ2n) is 6.23. The van der Waals surface area contributed by atoms with Gasteiger partial charge in [-0.05, 0) is 31.0 Å². The van der Waals surface area contributed by atoms with Crippen molar-refractivity contribution in [3.63, 3.8) is 0 Å². The van der Waals surface area contributed by atoms with Gasteiger partial charge in [0.1, 0.15) is 0 Å². The maximum absolute atomic E-state index is 12.7. The number of amides is 2. The average Bonchev–Trinajstić information content (AvgIpc) is 2.72. The van der Waals surface area contributed by atoms with E-state index in [2.05, 4.69) is 27.9 Å². The summed E-state index contributed by atoms with van der Waals surface area (Å²) in [4.78, 5) is 34.9. The van der Waals surface area contributed by atoms with E-state index in [-0.39, 0.29) is 17.7 Å². The first-order chi connectivity index (χ1) is 12.7. The lowest BCUT2D eigenvalue weighted by Gasteiger charge is -2.31. The SMILES string of the molecule is O=C(NCCS)C1CCN(C(=O)c2ccc(-c3ncccn3)cc2)CC1. The topological polar surface area (TPSA) is 75.2 Å². The Hall–Kier alpha value is -2.41. The van der Waals surface area contributed by atoms with Gasteiger partial charge in [0.2, 0.25) is 5.91 Å². The minimum Gasteiger partial charge on any atom is -0.355 e. The highest BCUT2D eigenvalue weighted by Crippen LogP contribution is 2.21. The molecule has 0 saturated carbocycles. The number of carbonyl (C=O) groups excluding carboxylic acids is 2. The van der Waals surface area contributed by atoms with Crippen molar-refractivity contribution in [1.29, 1.82) is 0 Å². The Labute approximate surface area is 158 Å². The summed E-state index contributed by atoms with van der Waals surface area (Å²) in [6.07, 6.45) is 4.77. The zero-order valence-corrected chi connectivity index (χ0v) is 15.4. The molecular weight excluding hydrogens is 348 g/mol. The van der Waals surface area contributed by atoms with Gasteiger partial charge < -0.3 is 10.2 Å². The van der Waals surface area contributed by atoms with Crippen molar-refractivity contribution in [3.05, 3.63) is 48.3 Å². The molecule has 0 spiro atoms. The highest BCUT2D eigenvalue weighted by molar-refractivity contribution is 7.80. The molecule has 26 heavy (non-hydrogen) atoms. The first kappa shape index (κ1) is 18.4. The summed E-state index contributed by atoms with van der Waals surface area (Å²) >= 11 is 4.10. The second-order valence-corrected chi connectivity index (χ2v) is 6.68. The normalized spacial score (nSPS) is 14.9. The van der Waals surface area contributed by atoms with Gasteiger partial charge in [0.15, 0.2) is 5.82 Å². The van der Waals surface area contributed by atoms with Crippen LogP contribution < -0.4 is 5.32 Å². The fraction of sp³-hybridized carbons (Fsp3) is 0.368. The fourth-order valence-electron chi connectivity index (χ4n) is 3.06. The molecule has 1 aromatic heterocycles. The first-order valence-electron chi connectivity index (χ1n) is 8.74. The molecule has 1 saturated heterocycles. The molecule has 1 aliphatic heterocycles. The Balaban J connectivity index is 1.58. The monoisotopic (exact) mass is 370 g/mol. The number of hydrogen-bond donors (Lipinski definition) is 2. The number of carbonyl (C=O) groups is 2. The van der Waals surface area contributed by atoms with Gasteiger partial charge in [-0.25, -0.2) is 9.97 Å². The van der Waals surface area contributed by atoms with Gasteiger partial charge >= 0.3 is 0 Å². The number of nitrogens with one attached hydrogen (secondary N) is 1. The van der Waals surface area contributed by atoms with E-state index in [0.29, 0.717) is 49.6 Å². The number of hydrogen-bond acceptors (Lipinski definition) is 5. The number of rotatable bonds is 5. The van der Waals surface area contributed by atoms with Gasteiger partial charge in [0, 0.05) is 54.8 Å². The Morgan fingerprint density at radius 2 is 1.77 bits per heavy atom. The molecule has 0 unspecified atom stereocenters. The summed E-state index contributed by atoms with van der Waals surface area (Å²) in [6, 6.07) is 9.10. The van der Waals surface area contributed by atoms with Crippen LogP contribution in [-0.2, 0) is 4.79 Å². The van der Waals surface area contributed by atoms with Crippen molar-refractivity contribution in [2.75, 3.05) is 25.4 Å². The molecule has 1 aromatic carbocycles. The predicted molar refractivity (Wildman–Crippen MR) is 103 cm³/mol.